The first-order valence-corrected chi connectivity index (χ1v) is 7.13. The smallest absolute Gasteiger partial charge is 0.344 e. The van der Waals surface area contributed by atoms with Gasteiger partial charge in [-0.2, -0.15) is 0 Å². The van der Waals surface area contributed by atoms with Crippen molar-refractivity contribution < 1.29 is 34.4 Å². The first-order valence-electron chi connectivity index (χ1n) is 5.54. The number of hydrogen-bond acceptors (Lipinski definition) is 4. The Morgan fingerprint density at radius 1 is 0.955 bits per heavy atom. The maximum atomic E-state index is 10.6. The molecule has 1 rings (SSSR count). The molecule has 1 aromatic carbocycles. The second kappa shape index (κ2) is 10.1. The van der Waals surface area contributed by atoms with Gasteiger partial charge >= 0.3 is 17.9 Å². The first kappa shape index (κ1) is 20.3. The summed E-state index contributed by atoms with van der Waals surface area (Å²) in [5.41, 5.74) is 0.660. The molecular formula is C13H12Br2O7. The number of hydrogen-bond donors (Lipinski definition) is 3. The van der Waals surface area contributed by atoms with Crippen molar-refractivity contribution in [2.75, 3.05) is 7.11 Å². The molecule has 0 aliphatic rings. The Hall–Kier alpha value is -1.71. The SMILES string of the molecule is CO[C@@H](C(=O)O)c1ccccc1.O=C(O)C(Br)=C(Br)C(=O)O. The van der Waals surface area contributed by atoms with Crippen LogP contribution >= 0.6 is 31.9 Å². The van der Waals surface area contributed by atoms with Gasteiger partial charge in [0, 0.05) is 7.11 Å². The number of aliphatic carboxylic acids is 3. The maximum Gasteiger partial charge on any atom is 0.344 e. The van der Waals surface area contributed by atoms with Crippen molar-refractivity contribution in [2.24, 2.45) is 0 Å². The molecule has 0 unspecified atom stereocenters. The number of carboxylic acids is 3. The average Bonchev–Trinajstić information content (AvgIpc) is 2.47. The van der Waals surface area contributed by atoms with Gasteiger partial charge in [-0.05, 0) is 37.4 Å². The van der Waals surface area contributed by atoms with Gasteiger partial charge in [0.05, 0.1) is 0 Å². The van der Waals surface area contributed by atoms with Crippen LogP contribution in [0.5, 0.6) is 0 Å². The number of halogens is 2. The summed E-state index contributed by atoms with van der Waals surface area (Å²) in [6, 6.07) is 8.84. The van der Waals surface area contributed by atoms with Crippen LogP contribution in [-0.2, 0) is 19.1 Å². The highest BCUT2D eigenvalue weighted by Gasteiger charge is 2.17. The van der Waals surface area contributed by atoms with Gasteiger partial charge in [-0.15, -0.1) is 0 Å². The van der Waals surface area contributed by atoms with Crippen molar-refractivity contribution in [1.29, 1.82) is 0 Å². The Balaban J connectivity index is 0.000000409. The molecule has 120 valence electrons. The van der Waals surface area contributed by atoms with E-state index in [9.17, 15) is 14.4 Å². The third-order valence-electron chi connectivity index (χ3n) is 2.13. The summed E-state index contributed by atoms with van der Waals surface area (Å²) in [7, 11) is 1.38. The lowest BCUT2D eigenvalue weighted by Crippen LogP contribution is -2.12. The van der Waals surface area contributed by atoms with Gasteiger partial charge < -0.3 is 20.1 Å². The number of carboxylic acid groups (broad SMARTS) is 3. The highest BCUT2D eigenvalue weighted by atomic mass is 79.9. The van der Waals surface area contributed by atoms with E-state index in [0.717, 1.165) is 0 Å². The molecule has 0 fully saturated rings. The molecule has 0 aliphatic carbocycles. The van der Waals surface area contributed by atoms with Crippen molar-refractivity contribution in [2.45, 2.75) is 6.10 Å². The number of benzene rings is 1. The summed E-state index contributed by atoms with van der Waals surface area (Å²) in [4.78, 5) is 30.7. The van der Waals surface area contributed by atoms with Crippen molar-refractivity contribution in [3.63, 3.8) is 0 Å². The molecular weight excluding hydrogens is 428 g/mol. The minimum Gasteiger partial charge on any atom is -0.479 e. The Kier molecular flexibility index (Phi) is 9.31. The number of rotatable bonds is 5. The van der Waals surface area contributed by atoms with Gasteiger partial charge in [0.25, 0.3) is 0 Å². The monoisotopic (exact) mass is 438 g/mol. The van der Waals surface area contributed by atoms with E-state index in [1.165, 1.54) is 7.11 Å². The summed E-state index contributed by atoms with van der Waals surface area (Å²) in [6.07, 6.45) is -0.855. The van der Waals surface area contributed by atoms with Crippen molar-refractivity contribution >= 4 is 49.8 Å². The fourth-order valence-corrected chi connectivity index (χ4v) is 1.53. The van der Waals surface area contributed by atoms with Gasteiger partial charge in [0.1, 0.15) is 8.96 Å². The number of carbonyl (C=O) groups is 3. The van der Waals surface area contributed by atoms with Crippen LogP contribution in [0.25, 0.3) is 0 Å². The van der Waals surface area contributed by atoms with Gasteiger partial charge in [0.15, 0.2) is 6.10 Å². The quantitative estimate of drug-likeness (QED) is 0.602. The molecule has 0 saturated heterocycles. The van der Waals surface area contributed by atoms with Gasteiger partial charge in [0.2, 0.25) is 0 Å². The predicted octanol–water partition coefficient (Wildman–Crippen LogP) is 2.62. The fraction of sp³-hybridized carbons (Fsp3) is 0.154. The maximum absolute atomic E-state index is 10.6. The van der Waals surface area contributed by atoms with Gasteiger partial charge in [-0.25, -0.2) is 14.4 Å². The summed E-state index contributed by atoms with van der Waals surface area (Å²) in [5.74, 6) is -3.62. The molecule has 0 radical (unpaired) electrons. The van der Waals surface area contributed by atoms with Crippen LogP contribution in [0, 0.1) is 0 Å². The summed E-state index contributed by atoms with van der Waals surface area (Å²) in [6.45, 7) is 0. The molecule has 1 atom stereocenters. The molecule has 3 N–H and O–H groups in total. The van der Waals surface area contributed by atoms with Crippen LogP contribution < -0.4 is 0 Å². The molecule has 0 heterocycles. The van der Waals surface area contributed by atoms with Crippen LogP contribution in [-0.4, -0.2) is 40.3 Å². The Morgan fingerprint density at radius 3 is 1.64 bits per heavy atom. The lowest BCUT2D eigenvalue weighted by Gasteiger charge is -2.09. The molecule has 0 aromatic heterocycles. The third kappa shape index (κ3) is 6.83. The second-order valence-corrected chi connectivity index (χ2v) is 5.19. The topological polar surface area (TPSA) is 121 Å². The van der Waals surface area contributed by atoms with Crippen LogP contribution in [0.4, 0.5) is 0 Å². The van der Waals surface area contributed by atoms with Gasteiger partial charge in [-0.3, -0.25) is 0 Å². The molecule has 0 bridgehead atoms. The summed E-state index contributed by atoms with van der Waals surface area (Å²) < 4.78 is 3.99. The third-order valence-corrected chi connectivity index (χ3v) is 4.13. The molecule has 22 heavy (non-hydrogen) atoms. The van der Waals surface area contributed by atoms with E-state index >= 15 is 0 Å². The molecule has 7 nitrogen and oxygen atoms in total. The molecule has 0 aliphatic heterocycles. The zero-order valence-corrected chi connectivity index (χ0v) is 14.4. The minimum absolute atomic E-state index is 0.403. The van der Waals surface area contributed by atoms with E-state index in [4.69, 9.17) is 20.1 Å². The largest absolute Gasteiger partial charge is 0.479 e. The van der Waals surface area contributed by atoms with Crippen LogP contribution in [0.2, 0.25) is 0 Å². The Morgan fingerprint density at radius 2 is 1.36 bits per heavy atom. The Bertz CT molecular complexity index is 547. The highest BCUT2D eigenvalue weighted by molar-refractivity contribution is 9.14. The normalized spacial score (nSPS) is 12.3. The van der Waals surface area contributed by atoms with E-state index < -0.39 is 33.0 Å². The van der Waals surface area contributed by atoms with E-state index in [0.29, 0.717) is 5.56 Å². The van der Waals surface area contributed by atoms with Crippen LogP contribution in [0.3, 0.4) is 0 Å². The average molecular weight is 440 g/mol. The van der Waals surface area contributed by atoms with E-state index in [-0.39, 0.29) is 0 Å². The van der Waals surface area contributed by atoms with Crippen molar-refractivity contribution in [3.05, 3.63) is 44.9 Å². The number of methoxy groups -OCH3 is 1. The second-order valence-electron chi connectivity index (χ2n) is 3.60. The van der Waals surface area contributed by atoms with Crippen molar-refractivity contribution in [3.8, 4) is 0 Å². The molecule has 0 amide bonds. The molecule has 0 saturated carbocycles. The lowest BCUT2D eigenvalue weighted by molar-refractivity contribution is -0.149. The summed E-state index contributed by atoms with van der Waals surface area (Å²) in [5, 5.41) is 25.1. The molecule has 1 aromatic rings. The van der Waals surface area contributed by atoms with E-state index in [2.05, 4.69) is 31.9 Å². The standard InChI is InChI=1S/C9H10O3.C4H2Br2O4/c1-12-8(9(10)11)7-5-3-2-4-6-7;5-1(3(7)8)2(6)4(9)10/h2-6,8H,1H3,(H,10,11);(H,7,8)(H,9,10)/t8-;/m1./s1. The number of ether oxygens (including phenoxy) is 1. The minimum atomic E-state index is -1.32. The zero-order chi connectivity index (χ0) is 17.3. The molecule has 0 spiro atoms. The fourth-order valence-electron chi connectivity index (χ4n) is 1.20. The lowest BCUT2D eigenvalue weighted by atomic mass is 10.1. The molecule has 9 heteroatoms. The van der Waals surface area contributed by atoms with Crippen molar-refractivity contribution in [1.82, 2.24) is 0 Å². The highest BCUT2D eigenvalue weighted by Crippen LogP contribution is 2.17. The first-order chi connectivity index (χ1) is 10.2. The van der Waals surface area contributed by atoms with Gasteiger partial charge in [-0.1, -0.05) is 30.3 Å². The zero-order valence-electron chi connectivity index (χ0n) is 11.2. The predicted molar refractivity (Wildman–Crippen MR) is 84.0 cm³/mol. The summed E-state index contributed by atoms with van der Waals surface area (Å²) >= 11 is 5.12. The van der Waals surface area contributed by atoms with E-state index in [1.807, 2.05) is 6.07 Å². The van der Waals surface area contributed by atoms with E-state index in [1.54, 1.807) is 24.3 Å². The van der Waals surface area contributed by atoms with Crippen LogP contribution in [0.1, 0.15) is 11.7 Å². The Labute approximate surface area is 142 Å². The van der Waals surface area contributed by atoms with Crippen LogP contribution in [0.15, 0.2) is 39.3 Å².